The topological polar surface area (TPSA) is 72.9 Å². The van der Waals surface area contributed by atoms with E-state index in [4.69, 9.17) is 5.11 Å². The molecule has 6 nitrogen and oxygen atoms in total. The van der Waals surface area contributed by atoms with Gasteiger partial charge in [0, 0.05) is 26.3 Å². The molecular formula is C12H15N3O3. The molecule has 0 saturated heterocycles. The van der Waals surface area contributed by atoms with Crippen LogP contribution >= 0.6 is 0 Å². The van der Waals surface area contributed by atoms with Crippen molar-refractivity contribution < 1.29 is 14.7 Å². The van der Waals surface area contributed by atoms with Crippen LogP contribution in [0.3, 0.4) is 0 Å². The van der Waals surface area contributed by atoms with Crippen molar-refractivity contribution in [3.8, 4) is 0 Å². The lowest BCUT2D eigenvalue weighted by Gasteiger charge is -2.21. The van der Waals surface area contributed by atoms with Crippen LogP contribution in [0.5, 0.6) is 0 Å². The summed E-state index contributed by atoms with van der Waals surface area (Å²) in [4.78, 5) is 24.4. The Bertz CT molecular complexity index is 499. The standard InChI is InChI=1S/C12H15N3O3/c1-14(2)13-12(18)15-6-5-8-7-9(11(16)17)3-4-10(8)15/h3-4,7H,5-6H2,1-2H3,(H,13,18)(H,16,17). The molecule has 1 aliphatic heterocycles. The van der Waals surface area contributed by atoms with Crippen molar-refractivity contribution in [3.05, 3.63) is 29.3 Å². The SMILES string of the molecule is CN(C)NC(=O)N1CCc2cc(C(=O)O)ccc21. The molecule has 0 spiro atoms. The van der Waals surface area contributed by atoms with Gasteiger partial charge in [0.15, 0.2) is 0 Å². The largest absolute Gasteiger partial charge is 0.478 e. The number of carbonyl (C=O) groups is 2. The van der Waals surface area contributed by atoms with E-state index in [1.807, 2.05) is 0 Å². The predicted octanol–water partition coefficient (Wildman–Crippen LogP) is 0.933. The first-order chi connectivity index (χ1) is 8.49. The second kappa shape index (κ2) is 4.66. The first-order valence-corrected chi connectivity index (χ1v) is 5.60. The highest BCUT2D eigenvalue weighted by Crippen LogP contribution is 2.28. The third-order valence-electron chi connectivity index (χ3n) is 2.79. The fraction of sp³-hybridized carbons (Fsp3) is 0.333. The molecule has 0 bridgehead atoms. The number of rotatable bonds is 2. The Balaban J connectivity index is 2.24. The van der Waals surface area contributed by atoms with Crippen LogP contribution in [0.1, 0.15) is 15.9 Å². The Morgan fingerprint density at radius 1 is 1.39 bits per heavy atom. The maximum atomic E-state index is 11.9. The average molecular weight is 249 g/mol. The Kier molecular flexibility index (Phi) is 3.20. The van der Waals surface area contributed by atoms with Gasteiger partial charge in [-0.3, -0.25) is 10.3 Å². The minimum atomic E-state index is -0.950. The lowest BCUT2D eigenvalue weighted by Crippen LogP contribution is -2.45. The number of fused-ring (bicyclic) bond motifs is 1. The second-order valence-corrected chi connectivity index (χ2v) is 4.36. The quantitative estimate of drug-likeness (QED) is 0.765. The molecule has 0 saturated carbocycles. The summed E-state index contributed by atoms with van der Waals surface area (Å²) >= 11 is 0. The van der Waals surface area contributed by atoms with E-state index >= 15 is 0 Å². The Hall–Kier alpha value is -2.08. The normalized spacial score (nSPS) is 13.6. The maximum Gasteiger partial charge on any atom is 0.336 e. The lowest BCUT2D eigenvalue weighted by atomic mass is 10.1. The Labute approximate surface area is 105 Å². The van der Waals surface area contributed by atoms with Gasteiger partial charge in [-0.1, -0.05) is 0 Å². The molecule has 2 N–H and O–H groups in total. The van der Waals surface area contributed by atoms with E-state index in [-0.39, 0.29) is 11.6 Å². The summed E-state index contributed by atoms with van der Waals surface area (Å²) in [6.07, 6.45) is 0.678. The van der Waals surface area contributed by atoms with Crippen LogP contribution in [0, 0.1) is 0 Å². The molecule has 0 radical (unpaired) electrons. The lowest BCUT2D eigenvalue weighted by molar-refractivity contribution is 0.0697. The number of nitrogens with one attached hydrogen (secondary N) is 1. The van der Waals surface area contributed by atoms with Gasteiger partial charge in [-0.05, 0) is 30.2 Å². The number of hydrazine groups is 1. The molecule has 0 aliphatic carbocycles. The van der Waals surface area contributed by atoms with Crippen molar-refractivity contribution in [3.63, 3.8) is 0 Å². The molecule has 2 rings (SSSR count). The summed E-state index contributed by atoms with van der Waals surface area (Å²) in [5.74, 6) is -0.950. The van der Waals surface area contributed by atoms with Crippen LogP contribution in [0.25, 0.3) is 0 Å². The predicted molar refractivity (Wildman–Crippen MR) is 66.7 cm³/mol. The van der Waals surface area contributed by atoms with Crippen molar-refractivity contribution in [2.45, 2.75) is 6.42 Å². The number of carboxylic acids is 1. The van der Waals surface area contributed by atoms with Crippen molar-refractivity contribution in [1.82, 2.24) is 10.4 Å². The maximum absolute atomic E-state index is 11.9. The molecule has 0 aromatic heterocycles. The third kappa shape index (κ3) is 2.28. The highest BCUT2D eigenvalue weighted by Gasteiger charge is 2.25. The number of hydrogen-bond donors (Lipinski definition) is 2. The molecule has 96 valence electrons. The zero-order valence-corrected chi connectivity index (χ0v) is 10.3. The highest BCUT2D eigenvalue weighted by atomic mass is 16.4. The third-order valence-corrected chi connectivity index (χ3v) is 2.79. The van der Waals surface area contributed by atoms with Crippen molar-refractivity contribution in [1.29, 1.82) is 0 Å². The van der Waals surface area contributed by atoms with Crippen LogP contribution in [-0.4, -0.2) is 42.8 Å². The van der Waals surface area contributed by atoms with Gasteiger partial charge < -0.3 is 5.11 Å². The van der Waals surface area contributed by atoms with E-state index in [1.54, 1.807) is 36.1 Å². The molecular weight excluding hydrogens is 234 g/mol. The number of hydrogen-bond acceptors (Lipinski definition) is 3. The van der Waals surface area contributed by atoms with Crippen LogP contribution < -0.4 is 10.3 Å². The molecule has 0 fully saturated rings. The molecule has 0 unspecified atom stereocenters. The monoisotopic (exact) mass is 249 g/mol. The number of aromatic carboxylic acids is 1. The number of carboxylic acid groups (broad SMARTS) is 1. The zero-order chi connectivity index (χ0) is 13.3. The zero-order valence-electron chi connectivity index (χ0n) is 10.3. The summed E-state index contributed by atoms with van der Waals surface area (Å²) in [5.41, 5.74) is 4.59. The van der Waals surface area contributed by atoms with Gasteiger partial charge in [0.05, 0.1) is 5.56 Å². The first kappa shape index (κ1) is 12.4. The number of carbonyl (C=O) groups excluding carboxylic acids is 1. The number of amides is 2. The molecule has 2 amide bonds. The van der Waals surface area contributed by atoms with Gasteiger partial charge in [0.2, 0.25) is 0 Å². The first-order valence-electron chi connectivity index (χ1n) is 5.60. The number of urea groups is 1. The van der Waals surface area contributed by atoms with Gasteiger partial charge in [-0.25, -0.2) is 14.6 Å². The molecule has 1 aromatic rings. The molecule has 1 heterocycles. The number of anilines is 1. The molecule has 1 aliphatic rings. The van der Waals surface area contributed by atoms with E-state index in [9.17, 15) is 9.59 Å². The summed E-state index contributed by atoms with van der Waals surface area (Å²) in [7, 11) is 3.48. The summed E-state index contributed by atoms with van der Waals surface area (Å²) < 4.78 is 0. The molecule has 6 heteroatoms. The summed E-state index contributed by atoms with van der Waals surface area (Å²) in [6, 6.07) is 4.62. The van der Waals surface area contributed by atoms with Crippen molar-refractivity contribution in [2.24, 2.45) is 0 Å². The fourth-order valence-corrected chi connectivity index (χ4v) is 2.00. The summed E-state index contributed by atoms with van der Waals surface area (Å²) in [6.45, 7) is 0.568. The van der Waals surface area contributed by atoms with Gasteiger partial charge in [0.25, 0.3) is 0 Å². The van der Waals surface area contributed by atoms with Crippen LogP contribution in [0.2, 0.25) is 0 Å². The van der Waals surface area contributed by atoms with Gasteiger partial charge in [0.1, 0.15) is 0 Å². The van der Waals surface area contributed by atoms with E-state index in [2.05, 4.69) is 5.43 Å². The van der Waals surface area contributed by atoms with Crippen LogP contribution in [-0.2, 0) is 6.42 Å². The number of nitrogens with zero attached hydrogens (tertiary/aromatic N) is 2. The van der Waals surface area contributed by atoms with Crippen molar-refractivity contribution in [2.75, 3.05) is 25.5 Å². The Morgan fingerprint density at radius 3 is 2.72 bits per heavy atom. The molecule has 18 heavy (non-hydrogen) atoms. The van der Waals surface area contributed by atoms with E-state index in [0.717, 1.165) is 11.3 Å². The van der Waals surface area contributed by atoms with E-state index < -0.39 is 5.97 Å². The minimum absolute atomic E-state index is 0.207. The van der Waals surface area contributed by atoms with Gasteiger partial charge in [-0.2, -0.15) is 0 Å². The van der Waals surface area contributed by atoms with E-state index in [1.165, 1.54) is 6.07 Å². The fourth-order valence-electron chi connectivity index (χ4n) is 2.00. The minimum Gasteiger partial charge on any atom is -0.478 e. The summed E-state index contributed by atoms with van der Waals surface area (Å²) in [5, 5.41) is 10.5. The number of benzene rings is 1. The van der Waals surface area contributed by atoms with Crippen molar-refractivity contribution >= 4 is 17.7 Å². The smallest absolute Gasteiger partial charge is 0.336 e. The molecule has 1 aromatic carbocycles. The van der Waals surface area contributed by atoms with Crippen LogP contribution in [0.15, 0.2) is 18.2 Å². The second-order valence-electron chi connectivity index (χ2n) is 4.36. The Morgan fingerprint density at radius 2 is 2.11 bits per heavy atom. The highest BCUT2D eigenvalue weighted by molar-refractivity contribution is 5.95. The van der Waals surface area contributed by atoms with Gasteiger partial charge >= 0.3 is 12.0 Å². The van der Waals surface area contributed by atoms with E-state index in [0.29, 0.717) is 13.0 Å². The molecule has 0 atom stereocenters. The van der Waals surface area contributed by atoms with Gasteiger partial charge in [-0.15, -0.1) is 0 Å². The average Bonchev–Trinajstić information content (AvgIpc) is 2.70. The van der Waals surface area contributed by atoms with Crippen LogP contribution in [0.4, 0.5) is 10.5 Å².